The van der Waals surface area contributed by atoms with Gasteiger partial charge in [0.15, 0.2) is 0 Å². The molecule has 2 aromatic carbocycles. The van der Waals surface area contributed by atoms with Gasteiger partial charge in [-0.05, 0) is 0 Å². The summed E-state index contributed by atoms with van der Waals surface area (Å²) in [5.41, 5.74) is 3.56. The second-order valence-corrected chi connectivity index (χ2v) is 52.7. The van der Waals surface area contributed by atoms with E-state index in [-0.39, 0.29) is 15.8 Å². The number of hydrogen-bond donors (Lipinski definition) is 0. The fourth-order valence-electron chi connectivity index (χ4n) is 29.8. The molecule has 0 radical (unpaired) electrons. The van der Waals surface area contributed by atoms with Crippen LogP contribution >= 0.6 is 15.8 Å². The molecule has 0 aromatic heterocycles. The standard InChI is InChI=1S/C39H47P2.C5H5.Fe/c1-25(36-13-8-14-37(36)41(34-9-4-2-5-10-34)35-11-6-3-7-12-35)40(38-30-17-26-15-27(19-30)20-31(38)18-26)39-32-21-28-16-29(23-32)24-33(39)22-28;1-2-4-5-3-1;/h2-14,25-33,38-39H,15-24H2,1H3;1-5H;. The summed E-state index contributed by atoms with van der Waals surface area (Å²) in [5, 5.41) is 3.67. The van der Waals surface area contributed by atoms with E-state index >= 15 is 0 Å². The Morgan fingerprint density at radius 2 is 0.936 bits per heavy atom. The maximum absolute atomic E-state index is 3.79. The van der Waals surface area contributed by atoms with Gasteiger partial charge in [-0.15, -0.1) is 0 Å². The molecule has 10 aliphatic heterocycles. The molecule has 0 amide bonds. The first-order chi connectivity index (χ1) is 22.9. The van der Waals surface area contributed by atoms with Crippen LogP contribution in [0.1, 0.15) is 71.1 Å². The third-order valence-electron chi connectivity index (χ3n) is 27.3. The molecule has 8 aliphatic carbocycles. The molecule has 18 aliphatic rings. The first kappa shape index (κ1) is 24.1. The van der Waals surface area contributed by atoms with Crippen molar-refractivity contribution in [3.8, 4) is 0 Å². The summed E-state index contributed by atoms with van der Waals surface area (Å²) in [7, 11) is -0.0992. The van der Waals surface area contributed by atoms with Gasteiger partial charge in [0.1, 0.15) is 0 Å². The van der Waals surface area contributed by atoms with E-state index in [1.807, 2.05) is 10.6 Å². The van der Waals surface area contributed by atoms with Gasteiger partial charge in [0.25, 0.3) is 0 Å². The van der Waals surface area contributed by atoms with Gasteiger partial charge in [-0.25, -0.2) is 0 Å². The molecule has 8 saturated carbocycles. The summed E-state index contributed by atoms with van der Waals surface area (Å²) in [6.45, 7) is -0.625. The van der Waals surface area contributed by atoms with E-state index in [0.717, 1.165) is 61.4 Å². The van der Waals surface area contributed by atoms with E-state index < -0.39 is 6.51 Å². The number of hydrogen-bond acceptors (Lipinski definition) is 0. The Morgan fingerprint density at radius 1 is 0.532 bits per heavy atom. The van der Waals surface area contributed by atoms with Crippen LogP contribution < -0.4 is 10.6 Å². The molecule has 246 valence electrons. The van der Waals surface area contributed by atoms with Gasteiger partial charge >= 0.3 is 276 Å². The van der Waals surface area contributed by atoms with E-state index in [4.69, 9.17) is 0 Å². The molecule has 1 spiro atoms. The van der Waals surface area contributed by atoms with Crippen LogP contribution in [0.4, 0.5) is 0 Å². The molecule has 0 N–H and O–H groups in total. The Balaban J connectivity index is 0.907. The number of benzene rings is 2. The van der Waals surface area contributed by atoms with Crippen LogP contribution in [0.15, 0.2) is 60.7 Å². The van der Waals surface area contributed by atoms with Crippen molar-refractivity contribution in [1.29, 1.82) is 0 Å². The molecule has 8 bridgehead atoms. The number of fused-ring (bicyclic) bond motifs is 10. The van der Waals surface area contributed by atoms with Crippen molar-refractivity contribution < 1.29 is 6.51 Å². The summed E-state index contributed by atoms with van der Waals surface area (Å²) >= 11 is 0. The summed E-state index contributed by atoms with van der Waals surface area (Å²) < 4.78 is 1.85. The van der Waals surface area contributed by atoms with Crippen molar-refractivity contribution in [2.24, 2.45) is 47.3 Å². The zero-order valence-electron chi connectivity index (χ0n) is 28.1. The second-order valence-electron chi connectivity index (χ2n) is 23.7. The van der Waals surface area contributed by atoms with Gasteiger partial charge in [-0.3, -0.25) is 0 Å². The van der Waals surface area contributed by atoms with Crippen molar-refractivity contribution in [2.45, 2.75) is 135 Å². The van der Waals surface area contributed by atoms with Gasteiger partial charge in [-0.2, -0.15) is 0 Å². The van der Waals surface area contributed by atoms with Crippen LogP contribution in [0, 0.1) is 47.3 Å². The summed E-state index contributed by atoms with van der Waals surface area (Å²) in [4.78, 5) is 11.2. The van der Waals surface area contributed by atoms with E-state index in [2.05, 4.69) is 67.6 Å². The molecular formula is C44H52FeP2. The molecule has 3 heteroatoms. The second kappa shape index (κ2) is 4.33. The fraction of sp³-hybridized carbons (Fsp3) is 0.727. The molecule has 47 heavy (non-hydrogen) atoms. The van der Waals surface area contributed by atoms with Crippen LogP contribution in [-0.4, -0.2) is 21.0 Å². The first-order valence-electron chi connectivity index (χ1n) is 20.8. The zero-order valence-corrected chi connectivity index (χ0v) is 31.0. The fourth-order valence-corrected chi connectivity index (χ4v) is 129. The van der Waals surface area contributed by atoms with Crippen molar-refractivity contribution in [1.82, 2.24) is 0 Å². The normalized spacial score (nSPS) is 77.1. The summed E-state index contributed by atoms with van der Waals surface area (Å²) in [5.74, 6) is 9.19. The minimum absolute atomic E-state index is 0.123. The number of rotatable bonds is 7. The molecule has 5 unspecified atom stereocenters. The zero-order chi connectivity index (χ0) is 29.7. The minimum atomic E-state index is -3.79. The van der Waals surface area contributed by atoms with Gasteiger partial charge in [0, 0.05) is 0 Å². The quantitative estimate of drug-likeness (QED) is 0.199. The van der Waals surface area contributed by atoms with Gasteiger partial charge in [0.2, 0.25) is 0 Å². The van der Waals surface area contributed by atoms with Crippen LogP contribution in [0.5, 0.6) is 0 Å². The van der Waals surface area contributed by atoms with E-state index in [9.17, 15) is 0 Å². The maximum atomic E-state index is 3.16. The third-order valence-corrected chi connectivity index (χ3v) is 82.1. The Hall–Kier alpha value is -0.181. The monoisotopic (exact) mass is 698 g/mol. The van der Waals surface area contributed by atoms with Gasteiger partial charge in [0.05, 0.1) is 0 Å². The average Bonchev–Trinajstić information content (AvgIpc) is 4.03. The van der Waals surface area contributed by atoms with Gasteiger partial charge < -0.3 is 0 Å². The van der Waals surface area contributed by atoms with Crippen molar-refractivity contribution >= 4 is 26.5 Å². The topological polar surface area (TPSA) is 0 Å². The molecule has 2 aromatic rings. The van der Waals surface area contributed by atoms with E-state index in [1.165, 1.54) is 49.8 Å². The molecule has 10 saturated heterocycles. The summed E-state index contributed by atoms with van der Waals surface area (Å²) in [6, 6.07) is 25.1. The molecule has 20 rings (SSSR count). The van der Waals surface area contributed by atoms with E-state index in [1.54, 1.807) is 64.2 Å². The Bertz CT molecular complexity index is 2130. The van der Waals surface area contributed by atoms with Crippen LogP contribution in [0.3, 0.4) is 0 Å². The Morgan fingerprint density at radius 3 is 1.30 bits per heavy atom. The van der Waals surface area contributed by atoms with Crippen molar-refractivity contribution in [3.63, 3.8) is 0 Å². The Kier molecular flexibility index (Phi) is 2.22. The van der Waals surface area contributed by atoms with Crippen LogP contribution in [-0.2, 0) is 6.51 Å². The molecule has 0 nitrogen and oxygen atoms in total. The van der Waals surface area contributed by atoms with E-state index in [0.29, 0.717) is 0 Å². The molecular weight excluding hydrogens is 646 g/mol. The third kappa shape index (κ3) is 0.804. The Labute approximate surface area is 274 Å². The molecule has 18 fully saturated rings. The molecule has 10 heterocycles. The first-order valence-corrected chi connectivity index (χ1v) is 29.9. The molecule has 6 atom stereocenters. The van der Waals surface area contributed by atoms with Crippen molar-refractivity contribution in [3.05, 3.63) is 60.7 Å². The predicted octanol–water partition coefficient (Wildman–Crippen LogP) is 11.3. The SMILES string of the molecule is CC(P(C1C2CC3CC(C2)CC1C3)C1C2CC3CC(C2)CC1C3)[C@@]12[CH]3[CH]4[CH]5[C]1(P(c1ccccc1)c1ccccc1)[Fe]45321678[CH]2[CH]1[CH]6[CH]7[CH]28. The average molecular weight is 699 g/mol. The van der Waals surface area contributed by atoms with Gasteiger partial charge in [-0.1, -0.05) is 0 Å². The predicted molar refractivity (Wildman–Crippen MR) is 193 cm³/mol. The van der Waals surface area contributed by atoms with Crippen LogP contribution in [0.2, 0.25) is 42.8 Å². The summed E-state index contributed by atoms with van der Waals surface area (Å²) in [6.07, 6.45) is 16.7. The van der Waals surface area contributed by atoms with Crippen LogP contribution in [0.25, 0.3) is 0 Å². The van der Waals surface area contributed by atoms with Crippen molar-refractivity contribution in [2.75, 3.05) is 0 Å².